The molecule has 3 rings (SSSR count). The van der Waals surface area contributed by atoms with Crippen molar-refractivity contribution in [2.24, 2.45) is 0 Å². The molecule has 2 aromatic carbocycles. The van der Waals surface area contributed by atoms with E-state index in [9.17, 15) is 22.8 Å². The zero-order chi connectivity index (χ0) is 22.1. The topological polar surface area (TPSA) is 64.0 Å². The molecule has 0 aliphatic rings. The summed E-state index contributed by atoms with van der Waals surface area (Å²) in [6.45, 7) is 3.17. The van der Waals surface area contributed by atoms with Crippen LogP contribution in [0.2, 0.25) is 5.02 Å². The largest absolute Gasteiger partial charge is 0.416 e. The zero-order valence-electron chi connectivity index (χ0n) is 16.0. The van der Waals surface area contributed by atoms with Crippen LogP contribution in [0.4, 0.5) is 13.2 Å². The molecule has 1 atom stereocenters. The van der Waals surface area contributed by atoms with E-state index in [0.717, 1.165) is 12.1 Å². The summed E-state index contributed by atoms with van der Waals surface area (Å²) in [6, 6.07) is 11.9. The fraction of sp³-hybridized carbons (Fsp3) is 0.190. The van der Waals surface area contributed by atoms with Gasteiger partial charge in [0.1, 0.15) is 0 Å². The van der Waals surface area contributed by atoms with E-state index in [0.29, 0.717) is 16.4 Å². The van der Waals surface area contributed by atoms with Gasteiger partial charge in [-0.3, -0.25) is 9.59 Å². The summed E-state index contributed by atoms with van der Waals surface area (Å²) in [4.78, 5) is 25.0. The molecule has 1 amide bonds. The van der Waals surface area contributed by atoms with E-state index in [1.807, 2.05) is 0 Å². The molecule has 0 saturated heterocycles. The number of hydrogen-bond acceptors (Lipinski definition) is 3. The van der Waals surface area contributed by atoms with Gasteiger partial charge in [-0.05, 0) is 43.7 Å². The second kappa shape index (κ2) is 8.31. The van der Waals surface area contributed by atoms with Crippen LogP contribution in [0.3, 0.4) is 0 Å². The molecule has 3 aromatic rings. The molecule has 156 valence electrons. The molecule has 0 aliphatic carbocycles. The summed E-state index contributed by atoms with van der Waals surface area (Å²) in [5.74, 6) is -0.800. The molecule has 0 fully saturated rings. The Labute approximate surface area is 175 Å². The van der Waals surface area contributed by atoms with Crippen LogP contribution in [0.5, 0.6) is 0 Å². The number of benzene rings is 2. The summed E-state index contributed by atoms with van der Waals surface area (Å²) in [5, 5.41) is 7.04. The molecule has 30 heavy (non-hydrogen) atoms. The fourth-order valence-electron chi connectivity index (χ4n) is 2.90. The minimum absolute atomic E-state index is 0.247. The maximum atomic E-state index is 12.9. The summed E-state index contributed by atoms with van der Waals surface area (Å²) < 4.78 is 40.2. The first-order chi connectivity index (χ1) is 14.1. The van der Waals surface area contributed by atoms with Crippen LogP contribution in [-0.2, 0) is 6.18 Å². The molecule has 1 N–H and O–H groups in total. The highest BCUT2D eigenvalue weighted by atomic mass is 35.5. The first-order valence-corrected chi connectivity index (χ1v) is 9.29. The van der Waals surface area contributed by atoms with Crippen molar-refractivity contribution in [3.8, 4) is 5.69 Å². The van der Waals surface area contributed by atoms with Gasteiger partial charge in [0, 0.05) is 11.8 Å². The lowest BCUT2D eigenvalue weighted by molar-refractivity contribution is -0.137. The lowest BCUT2D eigenvalue weighted by Gasteiger charge is -2.17. The molecule has 0 saturated carbocycles. The number of amides is 1. The number of nitrogens with one attached hydrogen (secondary N) is 1. The maximum absolute atomic E-state index is 12.9. The van der Waals surface area contributed by atoms with Crippen LogP contribution in [0.15, 0.2) is 59.4 Å². The Morgan fingerprint density at radius 3 is 2.50 bits per heavy atom. The molecule has 1 aromatic heterocycles. The van der Waals surface area contributed by atoms with Crippen molar-refractivity contribution in [3.63, 3.8) is 0 Å². The molecule has 5 nitrogen and oxygen atoms in total. The van der Waals surface area contributed by atoms with Gasteiger partial charge in [-0.25, -0.2) is 4.68 Å². The normalized spacial score (nSPS) is 12.5. The quantitative estimate of drug-likeness (QED) is 0.645. The number of hydrogen-bond donors (Lipinski definition) is 1. The van der Waals surface area contributed by atoms with Crippen molar-refractivity contribution in [2.75, 3.05) is 0 Å². The average molecular weight is 436 g/mol. The Morgan fingerprint density at radius 1 is 1.13 bits per heavy atom. The van der Waals surface area contributed by atoms with Crippen molar-refractivity contribution in [3.05, 3.63) is 92.4 Å². The van der Waals surface area contributed by atoms with E-state index in [2.05, 4.69) is 10.4 Å². The standard InChI is InChI=1S/C21H17ClF3N3O2/c1-12-10-18(29)19(27-28(12)17-9-4-3-8-16(17)22)20(30)26-13(2)14-6-5-7-15(11-14)21(23,24)25/h3-11,13H,1-2H3,(H,26,30). The van der Waals surface area contributed by atoms with Crippen molar-refractivity contribution in [2.45, 2.75) is 26.1 Å². The van der Waals surface area contributed by atoms with Gasteiger partial charge in [0.2, 0.25) is 5.43 Å². The average Bonchev–Trinajstić information content (AvgIpc) is 2.68. The highest BCUT2D eigenvalue weighted by molar-refractivity contribution is 6.32. The van der Waals surface area contributed by atoms with Gasteiger partial charge in [0.05, 0.1) is 22.3 Å². The summed E-state index contributed by atoms with van der Waals surface area (Å²) in [6.07, 6.45) is -4.50. The summed E-state index contributed by atoms with van der Waals surface area (Å²) >= 11 is 6.19. The van der Waals surface area contributed by atoms with Crippen molar-refractivity contribution in [1.29, 1.82) is 0 Å². The van der Waals surface area contributed by atoms with Crippen molar-refractivity contribution >= 4 is 17.5 Å². The number of carbonyl (C=O) groups is 1. The van der Waals surface area contributed by atoms with E-state index in [-0.39, 0.29) is 11.3 Å². The molecule has 0 radical (unpaired) electrons. The Balaban J connectivity index is 1.92. The van der Waals surface area contributed by atoms with Crippen molar-refractivity contribution < 1.29 is 18.0 Å². The minimum Gasteiger partial charge on any atom is -0.344 e. The van der Waals surface area contributed by atoms with Gasteiger partial charge in [-0.2, -0.15) is 18.3 Å². The number of aromatic nitrogens is 2. The van der Waals surface area contributed by atoms with Gasteiger partial charge in [0.25, 0.3) is 5.91 Å². The van der Waals surface area contributed by atoms with Gasteiger partial charge in [-0.1, -0.05) is 35.9 Å². The van der Waals surface area contributed by atoms with E-state index in [4.69, 9.17) is 11.6 Å². The number of carbonyl (C=O) groups excluding carboxylic acids is 1. The third-order valence-corrected chi connectivity index (χ3v) is 4.78. The molecular weight excluding hydrogens is 419 g/mol. The lowest BCUT2D eigenvalue weighted by Crippen LogP contribution is -2.33. The zero-order valence-corrected chi connectivity index (χ0v) is 16.8. The molecule has 9 heteroatoms. The molecule has 1 unspecified atom stereocenters. The third kappa shape index (κ3) is 4.54. The van der Waals surface area contributed by atoms with Crippen LogP contribution in [0.25, 0.3) is 5.69 Å². The molecule has 0 aliphatic heterocycles. The highest BCUT2D eigenvalue weighted by Gasteiger charge is 2.31. The second-order valence-electron chi connectivity index (χ2n) is 6.68. The molecule has 0 bridgehead atoms. The van der Waals surface area contributed by atoms with Crippen LogP contribution in [-0.4, -0.2) is 15.7 Å². The minimum atomic E-state index is -4.50. The molecular formula is C21H17ClF3N3O2. The Bertz CT molecular complexity index is 1160. The predicted octanol–water partition coefficient (Wildman–Crippen LogP) is 4.70. The van der Waals surface area contributed by atoms with Gasteiger partial charge in [0.15, 0.2) is 5.69 Å². The van der Waals surface area contributed by atoms with E-state index >= 15 is 0 Å². The van der Waals surface area contributed by atoms with Gasteiger partial charge < -0.3 is 5.32 Å². The maximum Gasteiger partial charge on any atom is 0.416 e. The van der Waals surface area contributed by atoms with Crippen LogP contribution < -0.4 is 10.7 Å². The smallest absolute Gasteiger partial charge is 0.344 e. The van der Waals surface area contributed by atoms with Gasteiger partial charge in [-0.15, -0.1) is 0 Å². The number of alkyl halides is 3. The Morgan fingerprint density at radius 2 is 1.83 bits per heavy atom. The Kier molecular flexibility index (Phi) is 5.98. The number of rotatable bonds is 4. The third-order valence-electron chi connectivity index (χ3n) is 4.46. The first kappa shape index (κ1) is 21.6. The fourth-order valence-corrected chi connectivity index (χ4v) is 3.12. The monoisotopic (exact) mass is 435 g/mol. The number of para-hydroxylation sites is 1. The number of halogens is 4. The summed E-state index contributed by atoms with van der Waals surface area (Å²) in [5.41, 5.74) is -0.622. The van der Waals surface area contributed by atoms with Crippen LogP contribution in [0.1, 0.15) is 40.3 Å². The van der Waals surface area contributed by atoms with Crippen molar-refractivity contribution in [1.82, 2.24) is 15.1 Å². The molecule has 1 heterocycles. The lowest BCUT2D eigenvalue weighted by atomic mass is 10.0. The highest BCUT2D eigenvalue weighted by Crippen LogP contribution is 2.30. The van der Waals surface area contributed by atoms with E-state index < -0.39 is 29.1 Å². The SMILES string of the molecule is Cc1cc(=O)c(C(=O)NC(C)c2cccc(C(F)(F)F)c2)nn1-c1ccccc1Cl. The van der Waals surface area contributed by atoms with E-state index in [1.54, 1.807) is 31.2 Å². The summed E-state index contributed by atoms with van der Waals surface area (Å²) in [7, 11) is 0. The van der Waals surface area contributed by atoms with E-state index in [1.165, 1.54) is 29.8 Å². The Hall–Kier alpha value is -3.13. The van der Waals surface area contributed by atoms with Crippen LogP contribution >= 0.6 is 11.6 Å². The number of aryl methyl sites for hydroxylation is 1. The van der Waals surface area contributed by atoms with Crippen LogP contribution in [0, 0.1) is 6.92 Å². The second-order valence-corrected chi connectivity index (χ2v) is 7.09. The molecule has 0 spiro atoms. The van der Waals surface area contributed by atoms with Gasteiger partial charge >= 0.3 is 6.18 Å². The number of nitrogens with zero attached hydrogens (tertiary/aromatic N) is 2. The predicted molar refractivity (Wildman–Crippen MR) is 107 cm³/mol. The first-order valence-electron chi connectivity index (χ1n) is 8.92.